The quantitative estimate of drug-likeness (QED) is 0.522. The molecule has 0 fully saturated rings. The van der Waals surface area contributed by atoms with Crippen molar-refractivity contribution in [1.29, 1.82) is 0 Å². The number of nitrogens with one attached hydrogen (secondary N) is 2. The van der Waals surface area contributed by atoms with Gasteiger partial charge < -0.3 is 20.8 Å². The molecular weight excluding hydrogens is 256 g/mol. The van der Waals surface area contributed by atoms with Gasteiger partial charge in [-0.2, -0.15) is 11.8 Å². The van der Waals surface area contributed by atoms with E-state index in [0.717, 1.165) is 12.8 Å². The van der Waals surface area contributed by atoms with Crippen LogP contribution in [0.25, 0.3) is 0 Å². The molecule has 0 aromatic rings. The molecule has 0 spiro atoms. The van der Waals surface area contributed by atoms with Crippen LogP contribution in [0.1, 0.15) is 26.7 Å². The van der Waals surface area contributed by atoms with Gasteiger partial charge in [0.1, 0.15) is 0 Å². The van der Waals surface area contributed by atoms with Crippen LogP contribution in [0, 0.1) is 0 Å². The first-order valence-corrected chi connectivity index (χ1v) is 7.10. The van der Waals surface area contributed by atoms with Crippen molar-refractivity contribution in [3.8, 4) is 0 Å². The Bertz CT molecular complexity index is 274. The molecule has 0 aromatic heterocycles. The molecule has 0 heterocycles. The van der Waals surface area contributed by atoms with Gasteiger partial charge in [-0.15, -0.1) is 0 Å². The number of rotatable bonds is 8. The molecule has 0 bridgehead atoms. The number of amides is 2. The van der Waals surface area contributed by atoms with Gasteiger partial charge in [-0.05, 0) is 19.1 Å². The molecule has 18 heavy (non-hydrogen) atoms. The van der Waals surface area contributed by atoms with Crippen LogP contribution in [0.2, 0.25) is 0 Å². The molecule has 6 nitrogen and oxygen atoms in total. The number of aliphatic hydroxyl groups is 1. The Hall–Kier alpha value is -0.950. The number of carboxylic acid groups (broad SMARTS) is 1. The molecule has 0 saturated heterocycles. The van der Waals surface area contributed by atoms with Crippen LogP contribution in [0.5, 0.6) is 0 Å². The third-order valence-corrected chi connectivity index (χ3v) is 4.67. The number of hydrogen-bond acceptors (Lipinski definition) is 4. The van der Waals surface area contributed by atoms with E-state index in [2.05, 4.69) is 10.6 Å². The number of carbonyl (C=O) groups excluding carboxylic acids is 1. The summed E-state index contributed by atoms with van der Waals surface area (Å²) in [4.78, 5) is 22.1. The van der Waals surface area contributed by atoms with E-state index in [-0.39, 0.29) is 4.75 Å². The summed E-state index contributed by atoms with van der Waals surface area (Å²) in [5.74, 6) is -1.25. The van der Waals surface area contributed by atoms with E-state index in [1.807, 2.05) is 20.1 Å². The van der Waals surface area contributed by atoms with Crippen LogP contribution < -0.4 is 10.6 Å². The molecule has 0 rings (SSSR count). The molecule has 0 aliphatic heterocycles. The fourth-order valence-electron chi connectivity index (χ4n) is 1.50. The SMILES string of the molecule is CCC(CC)(CNC(=O)N[C@@H](CO)C(=O)O)SC. The first kappa shape index (κ1) is 17.1. The maximum absolute atomic E-state index is 11.5. The number of aliphatic carboxylic acids is 1. The summed E-state index contributed by atoms with van der Waals surface area (Å²) in [5.41, 5.74) is 0. The van der Waals surface area contributed by atoms with Crippen LogP contribution in [0.15, 0.2) is 0 Å². The number of aliphatic hydroxyl groups excluding tert-OH is 1. The zero-order valence-electron chi connectivity index (χ0n) is 11.0. The standard InChI is InChI=1S/C11H22N2O4S/c1-4-11(5-2,18-3)7-12-10(17)13-8(6-14)9(15)16/h8,14H,4-7H2,1-3H3,(H,15,16)(H2,12,13,17)/t8-/m0/s1. The molecule has 0 aliphatic carbocycles. The zero-order chi connectivity index (χ0) is 14.2. The molecule has 4 N–H and O–H groups in total. The minimum Gasteiger partial charge on any atom is -0.480 e. The summed E-state index contributed by atoms with van der Waals surface area (Å²) in [7, 11) is 0. The first-order chi connectivity index (χ1) is 8.44. The predicted molar refractivity (Wildman–Crippen MR) is 71.9 cm³/mol. The Morgan fingerprint density at radius 3 is 2.22 bits per heavy atom. The third-order valence-electron chi connectivity index (χ3n) is 3.08. The summed E-state index contributed by atoms with van der Waals surface area (Å²) >= 11 is 1.68. The number of urea groups is 1. The molecule has 0 saturated carbocycles. The molecule has 1 atom stereocenters. The highest BCUT2D eigenvalue weighted by Gasteiger charge is 2.26. The normalized spacial score (nSPS) is 12.9. The smallest absolute Gasteiger partial charge is 0.328 e. The van der Waals surface area contributed by atoms with E-state index >= 15 is 0 Å². The van der Waals surface area contributed by atoms with Gasteiger partial charge in [0.15, 0.2) is 6.04 Å². The van der Waals surface area contributed by atoms with Gasteiger partial charge in [-0.25, -0.2) is 9.59 Å². The van der Waals surface area contributed by atoms with Gasteiger partial charge in [0, 0.05) is 11.3 Å². The minimum absolute atomic E-state index is 0.0325. The topological polar surface area (TPSA) is 98.7 Å². The second kappa shape index (κ2) is 8.20. The predicted octanol–water partition coefficient (Wildman–Crippen LogP) is 0.653. The second-order valence-corrected chi connectivity index (χ2v) is 5.27. The first-order valence-electron chi connectivity index (χ1n) is 5.87. The number of carbonyl (C=O) groups is 2. The van der Waals surface area contributed by atoms with Gasteiger partial charge in [-0.3, -0.25) is 0 Å². The van der Waals surface area contributed by atoms with Crippen molar-refractivity contribution in [2.24, 2.45) is 0 Å². The van der Waals surface area contributed by atoms with Crippen LogP contribution in [-0.4, -0.2) is 52.4 Å². The average Bonchev–Trinajstić information content (AvgIpc) is 2.38. The Labute approximate surface area is 112 Å². The van der Waals surface area contributed by atoms with E-state index in [0.29, 0.717) is 6.54 Å². The summed E-state index contributed by atoms with van der Waals surface area (Å²) in [6, 6.07) is -1.84. The Balaban J connectivity index is 4.28. The van der Waals surface area contributed by atoms with E-state index in [9.17, 15) is 9.59 Å². The highest BCUT2D eigenvalue weighted by molar-refractivity contribution is 8.00. The number of thioether (sulfide) groups is 1. The number of hydrogen-bond donors (Lipinski definition) is 4. The lowest BCUT2D eigenvalue weighted by Gasteiger charge is -2.30. The molecule has 0 radical (unpaired) electrons. The van der Waals surface area contributed by atoms with E-state index < -0.39 is 24.6 Å². The summed E-state index contributed by atoms with van der Waals surface area (Å²) in [5, 5.41) is 22.3. The monoisotopic (exact) mass is 278 g/mol. The van der Waals surface area contributed by atoms with Crippen molar-refractivity contribution >= 4 is 23.8 Å². The molecule has 7 heteroatoms. The zero-order valence-corrected chi connectivity index (χ0v) is 11.8. The van der Waals surface area contributed by atoms with Crippen LogP contribution in [-0.2, 0) is 4.79 Å². The lowest BCUT2D eigenvalue weighted by molar-refractivity contribution is -0.140. The van der Waals surface area contributed by atoms with Crippen molar-refractivity contribution in [3.05, 3.63) is 0 Å². The van der Waals surface area contributed by atoms with E-state index in [4.69, 9.17) is 10.2 Å². The van der Waals surface area contributed by atoms with Crippen LogP contribution >= 0.6 is 11.8 Å². The van der Waals surface area contributed by atoms with Crippen LogP contribution in [0.4, 0.5) is 4.79 Å². The fraction of sp³-hybridized carbons (Fsp3) is 0.818. The summed E-state index contributed by atoms with van der Waals surface area (Å²) in [6.45, 7) is 3.93. The summed E-state index contributed by atoms with van der Waals surface area (Å²) < 4.78 is -0.0325. The molecule has 2 amide bonds. The van der Waals surface area contributed by atoms with Gasteiger partial charge >= 0.3 is 12.0 Å². The van der Waals surface area contributed by atoms with Crippen molar-refractivity contribution in [3.63, 3.8) is 0 Å². The van der Waals surface area contributed by atoms with Gasteiger partial charge in [0.05, 0.1) is 6.61 Å². The van der Waals surface area contributed by atoms with Crippen LogP contribution in [0.3, 0.4) is 0 Å². The van der Waals surface area contributed by atoms with Crippen molar-refractivity contribution in [1.82, 2.24) is 10.6 Å². The molecular formula is C11H22N2O4S. The Morgan fingerprint density at radius 1 is 1.33 bits per heavy atom. The molecule has 0 aliphatic rings. The lowest BCUT2D eigenvalue weighted by atomic mass is 10.0. The Kier molecular flexibility index (Phi) is 7.77. The third kappa shape index (κ3) is 5.14. The largest absolute Gasteiger partial charge is 0.480 e. The van der Waals surface area contributed by atoms with E-state index in [1.54, 1.807) is 11.8 Å². The minimum atomic E-state index is -1.27. The summed E-state index contributed by atoms with van der Waals surface area (Å²) in [6.07, 6.45) is 3.81. The van der Waals surface area contributed by atoms with Crippen molar-refractivity contribution < 1.29 is 19.8 Å². The highest BCUT2D eigenvalue weighted by atomic mass is 32.2. The van der Waals surface area contributed by atoms with Gasteiger partial charge in [0.2, 0.25) is 0 Å². The number of carboxylic acids is 1. The van der Waals surface area contributed by atoms with Gasteiger partial charge in [0.25, 0.3) is 0 Å². The average molecular weight is 278 g/mol. The highest BCUT2D eigenvalue weighted by Crippen LogP contribution is 2.29. The van der Waals surface area contributed by atoms with Crippen molar-refractivity contribution in [2.45, 2.75) is 37.5 Å². The molecule has 0 unspecified atom stereocenters. The maximum Gasteiger partial charge on any atom is 0.328 e. The molecule has 106 valence electrons. The van der Waals surface area contributed by atoms with Gasteiger partial charge in [-0.1, -0.05) is 13.8 Å². The maximum atomic E-state index is 11.5. The van der Waals surface area contributed by atoms with E-state index in [1.165, 1.54) is 0 Å². The lowest BCUT2D eigenvalue weighted by Crippen LogP contribution is -2.50. The molecule has 0 aromatic carbocycles. The fourth-order valence-corrected chi connectivity index (χ4v) is 2.29. The van der Waals surface area contributed by atoms with Crippen molar-refractivity contribution in [2.75, 3.05) is 19.4 Å². The second-order valence-electron chi connectivity index (χ2n) is 3.99. The Morgan fingerprint density at radius 2 is 1.89 bits per heavy atom.